The third kappa shape index (κ3) is 7.77. The lowest BCUT2D eigenvalue weighted by Gasteiger charge is -2.32. The fourth-order valence-electron chi connectivity index (χ4n) is 3.49. The number of rotatable bonds is 8. The van der Waals surface area contributed by atoms with E-state index in [1.807, 2.05) is 18.4 Å². The molecule has 5 N–H and O–H groups in total. The number of ether oxygens (including phenoxy) is 1. The Hall–Kier alpha value is -2.95. The first-order chi connectivity index (χ1) is 17.5. The van der Waals surface area contributed by atoms with Crippen LogP contribution < -0.4 is 16.4 Å². The van der Waals surface area contributed by atoms with Crippen LogP contribution in [-0.2, 0) is 9.53 Å². The number of phenols is 1. The molecule has 10 heteroatoms. The van der Waals surface area contributed by atoms with E-state index in [2.05, 4.69) is 42.5 Å². The van der Waals surface area contributed by atoms with Gasteiger partial charge in [0.25, 0.3) is 0 Å². The van der Waals surface area contributed by atoms with Gasteiger partial charge in [0.1, 0.15) is 11.9 Å². The third-order valence-electron chi connectivity index (χ3n) is 5.46. The molecule has 0 fully saturated rings. The van der Waals surface area contributed by atoms with Crippen molar-refractivity contribution in [3.63, 3.8) is 0 Å². The van der Waals surface area contributed by atoms with Crippen LogP contribution in [0.1, 0.15) is 25.5 Å². The van der Waals surface area contributed by atoms with Gasteiger partial charge < -0.3 is 20.9 Å². The number of thioether (sulfide) groups is 1. The van der Waals surface area contributed by atoms with E-state index >= 15 is 0 Å². The van der Waals surface area contributed by atoms with E-state index in [0.717, 1.165) is 4.90 Å². The Balaban J connectivity index is 1.88. The van der Waals surface area contributed by atoms with Gasteiger partial charge in [0, 0.05) is 26.0 Å². The molecule has 0 spiro atoms. The lowest BCUT2D eigenvalue weighted by atomic mass is 9.81. The van der Waals surface area contributed by atoms with Gasteiger partial charge in [0.05, 0.1) is 15.8 Å². The number of halogens is 2. The molecule has 0 heterocycles. The van der Waals surface area contributed by atoms with E-state index in [1.54, 1.807) is 80.2 Å². The highest BCUT2D eigenvalue weighted by molar-refractivity contribution is 9.11. The van der Waals surface area contributed by atoms with E-state index in [4.69, 9.17) is 10.5 Å². The third-order valence-corrected chi connectivity index (χ3v) is 7.27. The molecule has 0 aromatic heterocycles. The molecule has 0 aliphatic rings. The van der Waals surface area contributed by atoms with Gasteiger partial charge in [-0.1, -0.05) is 48.0 Å². The highest BCUT2D eigenvalue weighted by atomic mass is 79.9. The van der Waals surface area contributed by atoms with Crippen molar-refractivity contribution in [3.8, 4) is 5.75 Å². The lowest BCUT2D eigenvalue weighted by molar-refractivity contribution is -0.112. The highest BCUT2D eigenvalue weighted by Crippen LogP contribution is 2.45. The first-order valence-corrected chi connectivity index (χ1v) is 14.0. The summed E-state index contributed by atoms with van der Waals surface area (Å²) in [6, 6.07) is 17.6. The number of aromatic hydroxyl groups is 1. The van der Waals surface area contributed by atoms with Gasteiger partial charge >= 0.3 is 6.09 Å². The van der Waals surface area contributed by atoms with Gasteiger partial charge in [-0.05, 0) is 76.8 Å². The molecule has 37 heavy (non-hydrogen) atoms. The normalized spacial score (nSPS) is 12.2. The number of nitrogen functional groups attached to an aromatic ring is 1. The minimum atomic E-state index is -0.961. The molecule has 1 atom stereocenters. The Morgan fingerprint density at radius 2 is 1.76 bits per heavy atom. The number of anilines is 3. The zero-order chi connectivity index (χ0) is 27.2. The number of carbonyl (C=O) groups excluding carboxylic acids is 2. The minimum Gasteiger partial charge on any atom is -0.506 e. The standard InChI is InChI=1S/C27H27Br2N3O4S/c1-27(2,13-12-23(33)32-22-7-5-4-6-21(22)30)25(19-14-16(28)15-20(29)24(19)34)36-26(35)31-17-8-10-18(37-3)11-9-17/h4-15,25,34H,30H2,1-3H3,(H,31,35)(H,32,33)/b13-12+/t25-/m1/s1. The molecule has 0 aliphatic heterocycles. The molecule has 0 radical (unpaired) electrons. The van der Waals surface area contributed by atoms with Crippen LogP contribution in [0, 0.1) is 5.41 Å². The van der Waals surface area contributed by atoms with Gasteiger partial charge in [-0.2, -0.15) is 0 Å². The molecule has 3 rings (SSSR count). The first kappa shape index (κ1) is 28.6. The molecule has 0 unspecified atom stereocenters. The fraction of sp³-hybridized carbons (Fsp3) is 0.185. The topological polar surface area (TPSA) is 114 Å². The number of hydrogen-bond acceptors (Lipinski definition) is 6. The summed E-state index contributed by atoms with van der Waals surface area (Å²) in [5.74, 6) is -0.476. The van der Waals surface area contributed by atoms with Crippen LogP contribution in [0.5, 0.6) is 5.75 Å². The molecular weight excluding hydrogens is 622 g/mol. The lowest BCUT2D eigenvalue weighted by Crippen LogP contribution is -2.28. The summed E-state index contributed by atoms with van der Waals surface area (Å²) in [4.78, 5) is 26.6. The Kier molecular flexibility index (Phi) is 9.69. The molecule has 7 nitrogen and oxygen atoms in total. The summed E-state index contributed by atoms with van der Waals surface area (Å²) in [6.07, 6.45) is 3.28. The van der Waals surface area contributed by atoms with Crippen LogP contribution in [0.25, 0.3) is 0 Å². The van der Waals surface area contributed by atoms with Crippen molar-refractivity contribution in [1.82, 2.24) is 0 Å². The number of para-hydroxylation sites is 2. The molecule has 2 amide bonds. The second kappa shape index (κ2) is 12.5. The van der Waals surface area contributed by atoms with Gasteiger partial charge in [-0.15, -0.1) is 11.8 Å². The number of benzene rings is 3. The molecule has 3 aromatic rings. The number of carbonyl (C=O) groups is 2. The van der Waals surface area contributed by atoms with Gasteiger partial charge in [0.15, 0.2) is 0 Å². The molecule has 0 bridgehead atoms. The molecule has 3 aromatic carbocycles. The second-order valence-electron chi connectivity index (χ2n) is 8.70. The fourth-order valence-corrected chi connectivity index (χ4v) is 5.16. The Labute approximate surface area is 237 Å². The maximum absolute atomic E-state index is 12.9. The maximum atomic E-state index is 12.9. The zero-order valence-corrected chi connectivity index (χ0v) is 24.4. The van der Waals surface area contributed by atoms with Gasteiger partial charge in [-0.3, -0.25) is 10.1 Å². The van der Waals surface area contributed by atoms with Crippen LogP contribution in [0.15, 0.2) is 86.7 Å². The molecule has 0 saturated heterocycles. The van der Waals surface area contributed by atoms with Crippen molar-refractivity contribution < 1.29 is 19.4 Å². The first-order valence-electron chi connectivity index (χ1n) is 11.1. The average Bonchev–Trinajstić information content (AvgIpc) is 2.85. The van der Waals surface area contributed by atoms with E-state index in [0.29, 0.717) is 31.6 Å². The van der Waals surface area contributed by atoms with Gasteiger partial charge in [-0.25, -0.2) is 4.79 Å². The summed E-state index contributed by atoms with van der Waals surface area (Å²) < 4.78 is 6.96. The van der Waals surface area contributed by atoms with Gasteiger partial charge in [0.2, 0.25) is 5.91 Å². The highest BCUT2D eigenvalue weighted by Gasteiger charge is 2.35. The predicted octanol–water partition coefficient (Wildman–Crippen LogP) is 7.73. The SMILES string of the molecule is CSc1ccc(NC(=O)O[C@H](c2cc(Br)cc(Br)c2O)C(C)(C)/C=C/C(=O)Nc2ccccc2N)cc1. The Morgan fingerprint density at radius 3 is 2.41 bits per heavy atom. The van der Waals surface area contributed by atoms with Crippen LogP contribution in [-0.4, -0.2) is 23.4 Å². The Bertz CT molecular complexity index is 1310. The average molecular weight is 649 g/mol. The van der Waals surface area contributed by atoms with Crippen molar-refractivity contribution >= 4 is 72.7 Å². The molecular formula is C27H27Br2N3O4S. The number of nitrogens with two attached hydrogens (primary N) is 1. The van der Waals surface area contributed by atoms with Crippen LogP contribution in [0.3, 0.4) is 0 Å². The smallest absolute Gasteiger partial charge is 0.412 e. The number of nitrogens with one attached hydrogen (secondary N) is 2. The molecule has 0 saturated carbocycles. The number of hydrogen-bond donors (Lipinski definition) is 4. The zero-order valence-electron chi connectivity index (χ0n) is 20.4. The minimum absolute atomic E-state index is 0.0756. The van der Waals surface area contributed by atoms with Crippen LogP contribution >= 0.6 is 43.6 Å². The van der Waals surface area contributed by atoms with Crippen molar-refractivity contribution in [3.05, 3.63) is 87.3 Å². The Morgan fingerprint density at radius 1 is 1.08 bits per heavy atom. The van der Waals surface area contributed by atoms with Crippen molar-refractivity contribution in [2.24, 2.45) is 5.41 Å². The van der Waals surface area contributed by atoms with Crippen molar-refractivity contribution in [2.45, 2.75) is 24.8 Å². The summed E-state index contributed by atoms with van der Waals surface area (Å²) in [5, 5.41) is 16.3. The van der Waals surface area contributed by atoms with Crippen molar-refractivity contribution in [1.29, 1.82) is 0 Å². The van der Waals surface area contributed by atoms with E-state index in [-0.39, 0.29) is 5.75 Å². The largest absolute Gasteiger partial charge is 0.506 e. The predicted molar refractivity (Wildman–Crippen MR) is 157 cm³/mol. The van der Waals surface area contributed by atoms with E-state index in [1.165, 1.54) is 6.08 Å². The van der Waals surface area contributed by atoms with E-state index in [9.17, 15) is 14.7 Å². The summed E-state index contributed by atoms with van der Waals surface area (Å²) in [7, 11) is 0. The van der Waals surface area contributed by atoms with E-state index < -0.39 is 23.5 Å². The number of amides is 2. The van der Waals surface area contributed by atoms with Crippen LogP contribution in [0.2, 0.25) is 0 Å². The quantitative estimate of drug-likeness (QED) is 0.113. The summed E-state index contributed by atoms with van der Waals surface area (Å²) in [6.45, 7) is 3.60. The summed E-state index contributed by atoms with van der Waals surface area (Å²) >= 11 is 8.36. The maximum Gasteiger partial charge on any atom is 0.412 e. The monoisotopic (exact) mass is 647 g/mol. The molecule has 194 valence electrons. The van der Waals surface area contributed by atoms with Crippen LogP contribution in [0.4, 0.5) is 21.9 Å². The second-order valence-corrected chi connectivity index (χ2v) is 11.3. The number of phenolic OH excluding ortho intramolecular Hbond substituents is 1. The summed E-state index contributed by atoms with van der Waals surface area (Å²) in [5.41, 5.74) is 6.85. The molecule has 0 aliphatic carbocycles. The van der Waals surface area contributed by atoms with Crippen molar-refractivity contribution in [2.75, 3.05) is 22.6 Å².